The molecule has 1 fully saturated rings. The summed E-state index contributed by atoms with van der Waals surface area (Å²) in [5.41, 5.74) is 0. The molecule has 2 heterocycles. The minimum atomic E-state index is -3.67. The molecule has 0 atom stereocenters. The topological polar surface area (TPSA) is 82.6 Å². The first kappa shape index (κ1) is 15.9. The second-order valence-corrected chi connectivity index (χ2v) is 6.98. The van der Waals surface area contributed by atoms with Crippen molar-refractivity contribution in [3.05, 3.63) is 24.5 Å². The Balaban J connectivity index is 2.03. The molecule has 1 aromatic rings. The summed E-state index contributed by atoms with van der Waals surface area (Å²) in [6.07, 6.45) is 3.67. The molecule has 0 unspecified atom stereocenters. The first-order chi connectivity index (χ1) is 10.0. The fraction of sp³-hybridized carbons (Fsp3) is 0.538. The van der Waals surface area contributed by atoms with Gasteiger partial charge < -0.3 is 10.2 Å². The van der Waals surface area contributed by atoms with E-state index in [1.54, 1.807) is 11.0 Å². The highest BCUT2D eigenvalue weighted by molar-refractivity contribution is 7.89. The van der Waals surface area contributed by atoms with Crippen molar-refractivity contribution in [2.75, 3.05) is 39.8 Å². The minimum absolute atomic E-state index is 0.0952. The average Bonchev–Trinajstić information content (AvgIpc) is 2.77. The fourth-order valence-electron chi connectivity index (χ4n) is 2.15. The third kappa shape index (κ3) is 3.99. The van der Waals surface area contributed by atoms with E-state index in [4.69, 9.17) is 0 Å². The largest absolute Gasteiger partial charge is 0.340 e. The van der Waals surface area contributed by atoms with Gasteiger partial charge in [-0.05, 0) is 25.1 Å². The lowest BCUT2D eigenvalue weighted by Crippen LogP contribution is -2.42. The van der Waals surface area contributed by atoms with Gasteiger partial charge in [-0.3, -0.25) is 9.78 Å². The average molecular weight is 312 g/mol. The number of amides is 1. The van der Waals surface area contributed by atoms with Gasteiger partial charge >= 0.3 is 0 Å². The van der Waals surface area contributed by atoms with Crippen molar-refractivity contribution in [1.29, 1.82) is 0 Å². The van der Waals surface area contributed by atoms with Crippen LogP contribution in [0.2, 0.25) is 0 Å². The van der Waals surface area contributed by atoms with E-state index in [1.165, 1.54) is 25.5 Å². The quantitative estimate of drug-likeness (QED) is 0.812. The molecule has 1 N–H and O–H groups in total. The summed E-state index contributed by atoms with van der Waals surface area (Å²) >= 11 is 0. The standard InChI is InChI=1S/C13H20N4O3S/c1-16(21(19,20)12-4-2-5-15-10-12)11-13(18)17-8-3-6-14-7-9-17/h2,4-5,10,14H,3,6-9,11H2,1H3. The number of nitrogens with one attached hydrogen (secondary N) is 1. The molecular weight excluding hydrogens is 292 g/mol. The molecule has 1 aliphatic rings. The Kier molecular flexibility index (Phi) is 5.27. The third-order valence-corrected chi connectivity index (χ3v) is 5.18. The van der Waals surface area contributed by atoms with Gasteiger partial charge in [-0.2, -0.15) is 4.31 Å². The van der Waals surface area contributed by atoms with Crippen LogP contribution in [0.15, 0.2) is 29.4 Å². The number of pyridine rings is 1. The Bertz CT molecular complexity index is 568. The number of likely N-dealkylation sites (N-methyl/N-ethyl adjacent to an activating group) is 1. The number of carbonyl (C=O) groups is 1. The van der Waals surface area contributed by atoms with Crippen LogP contribution in [-0.2, 0) is 14.8 Å². The molecule has 116 valence electrons. The van der Waals surface area contributed by atoms with Gasteiger partial charge in [0.25, 0.3) is 0 Å². The van der Waals surface area contributed by atoms with Crippen LogP contribution in [0.3, 0.4) is 0 Å². The van der Waals surface area contributed by atoms with Gasteiger partial charge in [-0.25, -0.2) is 8.42 Å². The highest BCUT2D eigenvalue weighted by Crippen LogP contribution is 2.12. The number of rotatable bonds is 4. The summed E-state index contributed by atoms with van der Waals surface area (Å²) in [6, 6.07) is 3.03. The molecule has 8 heteroatoms. The predicted octanol–water partition coefficient (Wildman–Crippen LogP) is -0.476. The van der Waals surface area contributed by atoms with Crippen molar-refractivity contribution in [3.8, 4) is 0 Å². The van der Waals surface area contributed by atoms with E-state index in [0.717, 1.165) is 23.8 Å². The molecule has 1 saturated heterocycles. The van der Waals surface area contributed by atoms with Crippen molar-refractivity contribution in [2.45, 2.75) is 11.3 Å². The maximum Gasteiger partial charge on any atom is 0.244 e. The van der Waals surface area contributed by atoms with E-state index in [1.807, 2.05) is 0 Å². The van der Waals surface area contributed by atoms with Gasteiger partial charge in [0.1, 0.15) is 4.90 Å². The molecule has 1 amide bonds. The van der Waals surface area contributed by atoms with Crippen molar-refractivity contribution in [2.24, 2.45) is 0 Å². The summed E-state index contributed by atoms with van der Waals surface area (Å²) < 4.78 is 25.7. The lowest BCUT2D eigenvalue weighted by atomic mass is 10.4. The van der Waals surface area contributed by atoms with Gasteiger partial charge in [-0.1, -0.05) is 0 Å². The first-order valence-electron chi connectivity index (χ1n) is 6.86. The monoisotopic (exact) mass is 312 g/mol. The Hall–Kier alpha value is -1.51. The summed E-state index contributed by atoms with van der Waals surface area (Å²) in [7, 11) is -2.26. The fourth-order valence-corrected chi connectivity index (χ4v) is 3.24. The van der Waals surface area contributed by atoms with Crippen LogP contribution in [0.5, 0.6) is 0 Å². The Morgan fingerprint density at radius 3 is 2.95 bits per heavy atom. The lowest BCUT2D eigenvalue weighted by molar-refractivity contribution is -0.131. The molecule has 0 spiro atoms. The van der Waals surface area contributed by atoms with E-state index < -0.39 is 10.0 Å². The highest BCUT2D eigenvalue weighted by atomic mass is 32.2. The molecule has 0 bridgehead atoms. The van der Waals surface area contributed by atoms with Crippen LogP contribution < -0.4 is 5.32 Å². The first-order valence-corrected chi connectivity index (χ1v) is 8.30. The maximum absolute atomic E-state index is 12.3. The SMILES string of the molecule is CN(CC(=O)N1CCCNCC1)S(=O)(=O)c1cccnc1. The van der Waals surface area contributed by atoms with Crippen LogP contribution in [0, 0.1) is 0 Å². The normalized spacial score (nSPS) is 16.8. The summed E-state index contributed by atoms with van der Waals surface area (Å²) in [5, 5.41) is 3.21. The van der Waals surface area contributed by atoms with Crippen LogP contribution in [0.25, 0.3) is 0 Å². The predicted molar refractivity (Wildman–Crippen MR) is 78.1 cm³/mol. The van der Waals surface area contributed by atoms with Crippen LogP contribution >= 0.6 is 0 Å². The van der Waals surface area contributed by atoms with Crippen LogP contribution in [0.1, 0.15) is 6.42 Å². The molecule has 1 aliphatic heterocycles. The summed E-state index contributed by atoms with van der Waals surface area (Å²) in [4.78, 5) is 17.8. The van der Waals surface area contributed by atoms with E-state index in [-0.39, 0.29) is 17.3 Å². The van der Waals surface area contributed by atoms with E-state index in [0.29, 0.717) is 13.1 Å². The second-order valence-electron chi connectivity index (χ2n) is 4.93. The zero-order chi connectivity index (χ0) is 15.3. The molecule has 21 heavy (non-hydrogen) atoms. The Morgan fingerprint density at radius 2 is 2.24 bits per heavy atom. The number of carbonyl (C=O) groups excluding carboxylic acids is 1. The molecule has 2 rings (SSSR count). The van der Waals surface area contributed by atoms with Crippen LogP contribution in [0.4, 0.5) is 0 Å². The number of hydrogen-bond acceptors (Lipinski definition) is 5. The molecule has 0 saturated carbocycles. The zero-order valence-electron chi connectivity index (χ0n) is 12.0. The third-order valence-electron chi connectivity index (χ3n) is 3.39. The molecular formula is C13H20N4O3S. The van der Waals surface area contributed by atoms with Gasteiger partial charge in [0.15, 0.2) is 0 Å². The van der Waals surface area contributed by atoms with E-state index in [2.05, 4.69) is 10.3 Å². The number of hydrogen-bond donors (Lipinski definition) is 1. The van der Waals surface area contributed by atoms with E-state index >= 15 is 0 Å². The zero-order valence-corrected chi connectivity index (χ0v) is 12.8. The lowest BCUT2D eigenvalue weighted by Gasteiger charge is -2.23. The maximum atomic E-state index is 12.3. The van der Waals surface area contributed by atoms with Crippen LogP contribution in [-0.4, -0.2) is 68.3 Å². The molecule has 0 aromatic carbocycles. The summed E-state index contributed by atoms with van der Waals surface area (Å²) in [6.45, 7) is 2.74. The van der Waals surface area contributed by atoms with Crippen molar-refractivity contribution in [1.82, 2.24) is 19.5 Å². The number of nitrogens with zero attached hydrogens (tertiary/aromatic N) is 3. The van der Waals surface area contributed by atoms with Crippen molar-refractivity contribution < 1.29 is 13.2 Å². The number of aromatic nitrogens is 1. The molecule has 1 aromatic heterocycles. The van der Waals surface area contributed by atoms with Gasteiger partial charge in [0.05, 0.1) is 6.54 Å². The van der Waals surface area contributed by atoms with E-state index in [9.17, 15) is 13.2 Å². The van der Waals surface area contributed by atoms with Gasteiger partial charge in [0.2, 0.25) is 15.9 Å². The Morgan fingerprint density at radius 1 is 1.43 bits per heavy atom. The Labute approximate surface area is 125 Å². The smallest absolute Gasteiger partial charge is 0.244 e. The van der Waals surface area contributed by atoms with Gasteiger partial charge in [-0.15, -0.1) is 0 Å². The molecule has 0 aliphatic carbocycles. The van der Waals surface area contributed by atoms with Gasteiger partial charge in [0, 0.05) is 39.1 Å². The second kappa shape index (κ2) is 6.97. The molecule has 7 nitrogen and oxygen atoms in total. The minimum Gasteiger partial charge on any atom is -0.340 e. The highest BCUT2D eigenvalue weighted by Gasteiger charge is 2.25. The van der Waals surface area contributed by atoms with Crippen molar-refractivity contribution in [3.63, 3.8) is 0 Å². The summed E-state index contributed by atoms with van der Waals surface area (Å²) in [5.74, 6) is -0.173. The number of sulfonamides is 1. The van der Waals surface area contributed by atoms with Crippen molar-refractivity contribution >= 4 is 15.9 Å². The molecule has 0 radical (unpaired) electrons.